The van der Waals surface area contributed by atoms with Gasteiger partial charge in [-0.3, -0.25) is 0 Å². The standard InChI is InChI=1S/C33H26F3NO3S/c1-2-32(38)40-22-8-4-3-7-21-39-27-18-14-24(15-19-27)11-12-25-13-16-26(28(23-25)33(34,35)36)17-20-31-37-29-9-5-6-10-30(29)41-31/h2,5-6,9-10,13-16,18-19,23H,1,3-4,7-8,21-22H2. The largest absolute Gasteiger partial charge is 0.494 e. The molecule has 4 rings (SSSR count). The molecule has 0 N–H and O–H groups in total. The Hall–Kier alpha value is -4.53. The molecule has 0 bridgehead atoms. The first kappa shape index (κ1) is 29.5. The summed E-state index contributed by atoms with van der Waals surface area (Å²) in [6, 6.07) is 18.4. The number of hydrogen-bond acceptors (Lipinski definition) is 5. The molecule has 0 aliphatic heterocycles. The molecule has 1 heterocycles. The number of ether oxygens (including phenoxy) is 2. The lowest BCUT2D eigenvalue weighted by molar-refractivity contribution is -0.138. The molecule has 0 aliphatic carbocycles. The van der Waals surface area contributed by atoms with Crippen LogP contribution in [-0.4, -0.2) is 24.2 Å². The highest BCUT2D eigenvalue weighted by Crippen LogP contribution is 2.32. The van der Waals surface area contributed by atoms with Crippen molar-refractivity contribution < 1.29 is 27.4 Å². The van der Waals surface area contributed by atoms with E-state index in [0.29, 0.717) is 29.5 Å². The summed E-state index contributed by atoms with van der Waals surface area (Å²) in [7, 11) is 0. The van der Waals surface area contributed by atoms with Crippen LogP contribution in [-0.2, 0) is 15.7 Å². The number of para-hydroxylation sites is 1. The van der Waals surface area contributed by atoms with Crippen LogP contribution < -0.4 is 4.74 Å². The minimum atomic E-state index is -4.58. The summed E-state index contributed by atoms with van der Waals surface area (Å²) in [5.41, 5.74) is 0.696. The monoisotopic (exact) mass is 573 g/mol. The zero-order chi connectivity index (χ0) is 29.1. The topological polar surface area (TPSA) is 48.4 Å². The first-order valence-corrected chi connectivity index (χ1v) is 13.8. The lowest BCUT2D eigenvalue weighted by Crippen LogP contribution is -2.08. The molecule has 0 unspecified atom stereocenters. The third-order valence-electron chi connectivity index (χ3n) is 5.85. The number of esters is 1. The lowest BCUT2D eigenvalue weighted by atomic mass is 10.0. The second-order valence-corrected chi connectivity index (χ2v) is 9.93. The molecule has 0 saturated carbocycles. The summed E-state index contributed by atoms with van der Waals surface area (Å²) in [4.78, 5) is 15.3. The van der Waals surface area contributed by atoms with Crippen molar-refractivity contribution in [2.75, 3.05) is 13.2 Å². The van der Waals surface area contributed by atoms with Crippen molar-refractivity contribution in [2.45, 2.75) is 31.9 Å². The lowest BCUT2D eigenvalue weighted by Gasteiger charge is -2.09. The van der Waals surface area contributed by atoms with Crippen molar-refractivity contribution in [1.82, 2.24) is 4.98 Å². The molecule has 41 heavy (non-hydrogen) atoms. The Morgan fingerprint density at radius 1 is 0.878 bits per heavy atom. The Bertz CT molecular complexity index is 1600. The molecule has 0 spiro atoms. The SMILES string of the molecule is C=CC(=O)OCCCCCCOc1ccc(C#Cc2ccc(C#Cc3nc4ccccc4s3)c(C(F)(F)F)c2)cc1. The number of benzene rings is 3. The summed E-state index contributed by atoms with van der Waals surface area (Å²) in [6.07, 6.45) is 0.0925. The van der Waals surface area contributed by atoms with Crippen LogP contribution >= 0.6 is 11.3 Å². The number of halogens is 3. The van der Waals surface area contributed by atoms with E-state index < -0.39 is 17.7 Å². The Morgan fingerprint density at radius 3 is 2.32 bits per heavy atom. The average molecular weight is 574 g/mol. The first-order chi connectivity index (χ1) is 19.8. The average Bonchev–Trinajstić information content (AvgIpc) is 3.39. The van der Waals surface area contributed by atoms with Crippen molar-refractivity contribution in [1.29, 1.82) is 0 Å². The number of carbonyl (C=O) groups is 1. The van der Waals surface area contributed by atoms with Crippen LogP contribution in [0.25, 0.3) is 10.2 Å². The molecule has 3 aromatic carbocycles. The van der Waals surface area contributed by atoms with Gasteiger partial charge in [-0.1, -0.05) is 36.5 Å². The number of fused-ring (bicyclic) bond motifs is 1. The molecular formula is C33H26F3NO3S. The zero-order valence-electron chi connectivity index (χ0n) is 22.1. The van der Waals surface area contributed by atoms with Crippen LogP contribution in [0.1, 0.15) is 52.9 Å². The molecule has 8 heteroatoms. The van der Waals surface area contributed by atoms with Crippen molar-refractivity contribution in [3.05, 3.63) is 107 Å². The number of hydrogen-bond donors (Lipinski definition) is 0. The van der Waals surface area contributed by atoms with E-state index >= 15 is 0 Å². The van der Waals surface area contributed by atoms with E-state index in [9.17, 15) is 18.0 Å². The van der Waals surface area contributed by atoms with E-state index in [1.807, 2.05) is 24.3 Å². The van der Waals surface area contributed by atoms with Gasteiger partial charge in [-0.25, -0.2) is 9.78 Å². The Balaban J connectivity index is 1.33. The van der Waals surface area contributed by atoms with E-state index in [4.69, 9.17) is 9.47 Å². The number of thiazole rings is 1. The summed E-state index contributed by atoms with van der Waals surface area (Å²) < 4.78 is 53.0. The molecule has 4 aromatic rings. The van der Waals surface area contributed by atoms with Crippen molar-refractivity contribution in [2.24, 2.45) is 0 Å². The molecule has 0 fully saturated rings. The summed E-state index contributed by atoms with van der Waals surface area (Å²) in [5.74, 6) is 11.4. The smallest absolute Gasteiger partial charge is 0.417 e. The molecule has 0 aliphatic rings. The van der Waals surface area contributed by atoms with Crippen molar-refractivity contribution >= 4 is 27.5 Å². The molecule has 0 amide bonds. The zero-order valence-corrected chi connectivity index (χ0v) is 22.9. The van der Waals surface area contributed by atoms with Gasteiger partial charge in [-0.15, -0.1) is 11.3 Å². The van der Waals surface area contributed by atoms with E-state index in [1.54, 1.807) is 24.3 Å². The number of alkyl halides is 3. The van der Waals surface area contributed by atoms with E-state index in [0.717, 1.165) is 48.0 Å². The van der Waals surface area contributed by atoms with E-state index in [-0.39, 0.29) is 11.1 Å². The van der Waals surface area contributed by atoms with Crippen molar-refractivity contribution in [3.8, 4) is 29.4 Å². The second-order valence-electron chi connectivity index (χ2n) is 8.90. The van der Waals surface area contributed by atoms with Gasteiger partial charge >= 0.3 is 12.1 Å². The summed E-state index contributed by atoms with van der Waals surface area (Å²) in [6.45, 7) is 4.28. The van der Waals surface area contributed by atoms with Crippen LogP contribution in [0, 0.1) is 23.7 Å². The predicted octanol–water partition coefficient (Wildman–Crippen LogP) is 7.78. The highest BCUT2D eigenvalue weighted by Gasteiger charge is 2.33. The maximum absolute atomic E-state index is 13.8. The summed E-state index contributed by atoms with van der Waals surface area (Å²) >= 11 is 1.34. The Morgan fingerprint density at radius 2 is 1.59 bits per heavy atom. The van der Waals surface area contributed by atoms with Crippen molar-refractivity contribution in [3.63, 3.8) is 0 Å². The van der Waals surface area contributed by atoms with Gasteiger partial charge in [0.25, 0.3) is 0 Å². The van der Waals surface area contributed by atoms with Gasteiger partial charge in [0, 0.05) is 22.8 Å². The molecule has 0 atom stereocenters. The maximum Gasteiger partial charge on any atom is 0.417 e. The number of aromatic nitrogens is 1. The normalized spacial score (nSPS) is 10.7. The minimum absolute atomic E-state index is 0.125. The third kappa shape index (κ3) is 8.99. The molecule has 1 aromatic heterocycles. The fraction of sp³-hybridized carbons (Fsp3) is 0.212. The highest BCUT2D eigenvalue weighted by molar-refractivity contribution is 7.19. The summed E-state index contributed by atoms with van der Waals surface area (Å²) in [5, 5.41) is 0.458. The van der Waals surface area contributed by atoms with Gasteiger partial charge in [0.1, 0.15) is 5.75 Å². The van der Waals surface area contributed by atoms with Gasteiger partial charge in [0.2, 0.25) is 0 Å². The van der Waals surface area contributed by atoms with Gasteiger partial charge in [-0.2, -0.15) is 13.2 Å². The molecule has 4 nitrogen and oxygen atoms in total. The minimum Gasteiger partial charge on any atom is -0.494 e. The van der Waals surface area contributed by atoms with Gasteiger partial charge in [0.15, 0.2) is 5.01 Å². The predicted molar refractivity (Wildman–Crippen MR) is 155 cm³/mol. The highest BCUT2D eigenvalue weighted by atomic mass is 32.1. The molecule has 208 valence electrons. The van der Waals surface area contributed by atoms with E-state index in [1.165, 1.54) is 23.5 Å². The number of unbranched alkanes of at least 4 members (excludes halogenated alkanes) is 3. The van der Waals surface area contributed by atoms with Crippen LogP contribution in [0.2, 0.25) is 0 Å². The van der Waals surface area contributed by atoms with Gasteiger partial charge in [-0.05, 0) is 86.2 Å². The van der Waals surface area contributed by atoms with Crippen LogP contribution in [0.15, 0.2) is 79.4 Å². The van der Waals surface area contributed by atoms with Crippen LogP contribution in [0.4, 0.5) is 13.2 Å². The third-order valence-corrected chi connectivity index (χ3v) is 6.80. The number of carbonyl (C=O) groups excluding carboxylic acids is 1. The quantitative estimate of drug-likeness (QED) is 0.0888. The fourth-order valence-corrected chi connectivity index (χ4v) is 4.59. The Kier molecular flexibility index (Phi) is 10.2. The second kappa shape index (κ2) is 14.2. The fourth-order valence-electron chi connectivity index (χ4n) is 3.77. The Labute approximate surface area is 240 Å². The van der Waals surface area contributed by atoms with E-state index in [2.05, 4.69) is 35.2 Å². The van der Waals surface area contributed by atoms with Crippen LogP contribution in [0.3, 0.4) is 0 Å². The van der Waals surface area contributed by atoms with Gasteiger partial charge in [0.05, 0.1) is 29.0 Å². The molecule has 0 saturated heterocycles. The van der Waals surface area contributed by atoms with Crippen LogP contribution in [0.5, 0.6) is 5.75 Å². The van der Waals surface area contributed by atoms with Gasteiger partial charge < -0.3 is 9.47 Å². The maximum atomic E-state index is 13.8. The first-order valence-electron chi connectivity index (χ1n) is 12.9. The molecular weight excluding hydrogens is 547 g/mol. The molecule has 0 radical (unpaired) electrons. The number of nitrogens with zero attached hydrogens (tertiary/aromatic N) is 1. The number of rotatable bonds is 9.